The summed E-state index contributed by atoms with van der Waals surface area (Å²) < 4.78 is 0. The standard InChI is InChI=1S/C17H15Cl2NOS/c18-14-8-9-15(19)16(11-14)20-17(21)12-22-10-4-7-13-5-2-1-3-6-13/h1-9,11H,10,12H2,(H,20,21)/b7-4+. The fraction of sp³-hybridized carbons (Fsp3) is 0.118. The first-order valence-corrected chi connectivity index (χ1v) is 8.60. The van der Waals surface area contributed by atoms with Crippen LogP contribution in [0.4, 0.5) is 5.69 Å². The largest absolute Gasteiger partial charge is 0.324 e. The van der Waals surface area contributed by atoms with E-state index in [0.717, 1.165) is 11.3 Å². The molecule has 1 N–H and O–H groups in total. The van der Waals surface area contributed by atoms with E-state index in [4.69, 9.17) is 23.2 Å². The first kappa shape index (κ1) is 16.9. The van der Waals surface area contributed by atoms with E-state index in [1.165, 1.54) is 11.8 Å². The third kappa shape index (κ3) is 5.76. The van der Waals surface area contributed by atoms with Crippen LogP contribution in [0.2, 0.25) is 10.0 Å². The SMILES string of the molecule is O=C(CSC/C=C/c1ccccc1)Nc1cc(Cl)ccc1Cl. The van der Waals surface area contributed by atoms with Crippen LogP contribution in [-0.2, 0) is 4.79 Å². The van der Waals surface area contributed by atoms with Crippen molar-refractivity contribution in [2.75, 3.05) is 16.8 Å². The molecule has 0 aliphatic rings. The summed E-state index contributed by atoms with van der Waals surface area (Å²) >= 11 is 13.4. The van der Waals surface area contributed by atoms with Gasteiger partial charge in [0.15, 0.2) is 0 Å². The summed E-state index contributed by atoms with van der Waals surface area (Å²) in [5, 5.41) is 3.78. The maximum absolute atomic E-state index is 11.9. The third-order valence-corrected chi connectivity index (χ3v) is 4.22. The Morgan fingerprint density at radius 1 is 1.14 bits per heavy atom. The molecule has 114 valence electrons. The first-order valence-electron chi connectivity index (χ1n) is 6.69. The van der Waals surface area contributed by atoms with Crippen LogP contribution in [0, 0.1) is 0 Å². The van der Waals surface area contributed by atoms with Crippen molar-refractivity contribution in [3.63, 3.8) is 0 Å². The van der Waals surface area contributed by atoms with Gasteiger partial charge in [-0.15, -0.1) is 11.8 Å². The molecule has 2 nitrogen and oxygen atoms in total. The predicted octanol–water partition coefficient (Wildman–Crippen LogP) is 5.38. The van der Waals surface area contributed by atoms with Crippen molar-refractivity contribution >= 4 is 52.6 Å². The summed E-state index contributed by atoms with van der Waals surface area (Å²) in [5.41, 5.74) is 1.69. The molecule has 0 aliphatic heterocycles. The van der Waals surface area contributed by atoms with E-state index in [9.17, 15) is 4.79 Å². The highest BCUT2D eigenvalue weighted by molar-refractivity contribution is 8.00. The maximum Gasteiger partial charge on any atom is 0.234 e. The zero-order valence-corrected chi connectivity index (χ0v) is 14.1. The van der Waals surface area contributed by atoms with Gasteiger partial charge >= 0.3 is 0 Å². The van der Waals surface area contributed by atoms with Crippen molar-refractivity contribution in [1.82, 2.24) is 0 Å². The van der Waals surface area contributed by atoms with Gasteiger partial charge in [0.1, 0.15) is 0 Å². The lowest BCUT2D eigenvalue weighted by Crippen LogP contribution is -2.14. The lowest BCUT2D eigenvalue weighted by Gasteiger charge is -2.07. The molecular formula is C17H15Cl2NOS. The Bertz CT molecular complexity index is 659. The van der Waals surface area contributed by atoms with Crippen LogP contribution in [0.3, 0.4) is 0 Å². The van der Waals surface area contributed by atoms with Crippen LogP contribution in [0.1, 0.15) is 5.56 Å². The molecule has 22 heavy (non-hydrogen) atoms. The van der Waals surface area contributed by atoms with Crippen LogP contribution >= 0.6 is 35.0 Å². The first-order chi connectivity index (χ1) is 10.6. The normalized spacial score (nSPS) is 10.8. The van der Waals surface area contributed by atoms with Gasteiger partial charge in [-0.05, 0) is 23.8 Å². The van der Waals surface area contributed by atoms with Crippen molar-refractivity contribution in [1.29, 1.82) is 0 Å². The van der Waals surface area contributed by atoms with E-state index in [2.05, 4.69) is 5.32 Å². The molecule has 2 rings (SSSR count). The lowest BCUT2D eigenvalue weighted by molar-refractivity contribution is -0.113. The van der Waals surface area contributed by atoms with E-state index >= 15 is 0 Å². The van der Waals surface area contributed by atoms with E-state index in [0.29, 0.717) is 21.5 Å². The van der Waals surface area contributed by atoms with Crippen LogP contribution in [0.25, 0.3) is 6.08 Å². The molecule has 1 amide bonds. The molecule has 0 unspecified atom stereocenters. The highest BCUT2D eigenvalue weighted by Crippen LogP contribution is 2.25. The average molecular weight is 352 g/mol. The molecule has 0 heterocycles. The van der Waals surface area contributed by atoms with Gasteiger partial charge in [-0.1, -0.05) is 65.7 Å². The van der Waals surface area contributed by atoms with E-state index < -0.39 is 0 Å². The van der Waals surface area contributed by atoms with Crippen molar-refractivity contribution in [3.8, 4) is 0 Å². The molecule has 0 bridgehead atoms. The fourth-order valence-electron chi connectivity index (χ4n) is 1.75. The van der Waals surface area contributed by atoms with Gasteiger partial charge in [-0.25, -0.2) is 0 Å². The summed E-state index contributed by atoms with van der Waals surface area (Å²) in [6.45, 7) is 0. The second-order valence-corrected chi connectivity index (χ2v) is 6.37. The van der Waals surface area contributed by atoms with Gasteiger partial charge < -0.3 is 5.32 Å². The van der Waals surface area contributed by atoms with Crippen molar-refractivity contribution in [2.45, 2.75) is 0 Å². The minimum Gasteiger partial charge on any atom is -0.324 e. The number of hydrogen-bond acceptors (Lipinski definition) is 2. The molecule has 0 saturated heterocycles. The molecule has 0 atom stereocenters. The molecule has 0 spiro atoms. The molecule has 0 aliphatic carbocycles. The van der Waals surface area contributed by atoms with Crippen LogP contribution in [0.15, 0.2) is 54.6 Å². The minimum atomic E-state index is -0.0951. The van der Waals surface area contributed by atoms with Gasteiger partial charge in [0.2, 0.25) is 5.91 Å². The number of benzene rings is 2. The second kappa shape index (κ2) is 8.89. The Labute approximate surface area is 144 Å². The molecule has 0 fully saturated rings. The van der Waals surface area contributed by atoms with Crippen LogP contribution in [0.5, 0.6) is 0 Å². The van der Waals surface area contributed by atoms with Crippen molar-refractivity contribution in [3.05, 3.63) is 70.2 Å². The topological polar surface area (TPSA) is 29.1 Å². The second-order valence-electron chi connectivity index (χ2n) is 4.50. The Balaban J connectivity index is 1.74. The monoisotopic (exact) mass is 351 g/mol. The number of thioether (sulfide) groups is 1. The fourth-order valence-corrected chi connectivity index (χ4v) is 2.69. The summed E-state index contributed by atoms with van der Waals surface area (Å²) in [5.74, 6) is 1.04. The minimum absolute atomic E-state index is 0.0951. The zero-order chi connectivity index (χ0) is 15.8. The van der Waals surface area contributed by atoms with Crippen LogP contribution < -0.4 is 5.32 Å². The number of carbonyl (C=O) groups is 1. The summed E-state index contributed by atoms with van der Waals surface area (Å²) in [6, 6.07) is 15.0. The van der Waals surface area contributed by atoms with E-state index in [-0.39, 0.29) is 5.91 Å². The summed E-state index contributed by atoms with van der Waals surface area (Å²) in [6.07, 6.45) is 4.08. The van der Waals surface area contributed by atoms with Crippen molar-refractivity contribution < 1.29 is 4.79 Å². The van der Waals surface area contributed by atoms with Gasteiger partial charge in [0.25, 0.3) is 0 Å². The average Bonchev–Trinajstić information content (AvgIpc) is 2.51. The van der Waals surface area contributed by atoms with E-state index in [1.54, 1.807) is 18.2 Å². The van der Waals surface area contributed by atoms with Crippen LogP contribution in [-0.4, -0.2) is 17.4 Å². The smallest absolute Gasteiger partial charge is 0.234 e. The predicted molar refractivity (Wildman–Crippen MR) is 97.9 cm³/mol. The Kier molecular flexibility index (Phi) is 6.84. The molecule has 0 saturated carbocycles. The van der Waals surface area contributed by atoms with Gasteiger partial charge in [-0.2, -0.15) is 0 Å². The van der Waals surface area contributed by atoms with Gasteiger partial charge in [0.05, 0.1) is 16.5 Å². The number of amides is 1. The Morgan fingerprint density at radius 2 is 1.91 bits per heavy atom. The number of halogens is 2. The number of hydrogen-bond donors (Lipinski definition) is 1. The Hall–Kier alpha value is -1.42. The van der Waals surface area contributed by atoms with Gasteiger partial charge in [-0.3, -0.25) is 4.79 Å². The number of rotatable bonds is 6. The number of carbonyl (C=O) groups excluding carboxylic acids is 1. The highest BCUT2D eigenvalue weighted by atomic mass is 35.5. The molecule has 0 radical (unpaired) electrons. The summed E-state index contributed by atoms with van der Waals surface area (Å²) in [7, 11) is 0. The van der Waals surface area contributed by atoms with Crippen molar-refractivity contribution in [2.24, 2.45) is 0 Å². The lowest BCUT2D eigenvalue weighted by atomic mass is 10.2. The Morgan fingerprint density at radius 3 is 2.68 bits per heavy atom. The maximum atomic E-state index is 11.9. The molecule has 2 aromatic carbocycles. The molecule has 0 aromatic heterocycles. The number of nitrogens with one attached hydrogen (secondary N) is 1. The quantitative estimate of drug-likeness (QED) is 0.708. The molecule has 5 heteroatoms. The summed E-state index contributed by atoms with van der Waals surface area (Å²) in [4.78, 5) is 11.9. The number of anilines is 1. The third-order valence-electron chi connectivity index (χ3n) is 2.76. The van der Waals surface area contributed by atoms with Gasteiger partial charge in [0, 0.05) is 10.8 Å². The molecular weight excluding hydrogens is 337 g/mol. The highest BCUT2D eigenvalue weighted by Gasteiger charge is 2.06. The molecule has 2 aromatic rings. The van der Waals surface area contributed by atoms with E-state index in [1.807, 2.05) is 42.5 Å². The zero-order valence-electron chi connectivity index (χ0n) is 11.8.